The topological polar surface area (TPSA) is 79.2 Å². The van der Waals surface area contributed by atoms with Crippen LogP contribution in [0.2, 0.25) is 13.1 Å². The normalized spacial score (nSPS) is 27.5. The predicted molar refractivity (Wildman–Crippen MR) is 95.9 cm³/mol. The van der Waals surface area contributed by atoms with Gasteiger partial charge in [-0.3, -0.25) is 0 Å². The molecule has 0 radical (unpaired) electrons. The molecule has 1 rings (SSSR count). The van der Waals surface area contributed by atoms with Crippen LogP contribution in [0.5, 0.6) is 0 Å². The Labute approximate surface area is 147 Å². The first-order valence-corrected chi connectivity index (χ1v) is 11.5. The van der Waals surface area contributed by atoms with E-state index < -0.39 is 38.9 Å². The first kappa shape index (κ1) is 21.6. The Morgan fingerprint density at radius 2 is 1.83 bits per heavy atom. The quantitative estimate of drug-likeness (QED) is 0.573. The van der Waals surface area contributed by atoms with E-state index in [1.807, 2.05) is 13.1 Å². The molecular formula is C17H35NO5Si. The summed E-state index contributed by atoms with van der Waals surface area (Å²) < 4.78 is 11.6. The second-order valence-electron chi connectivity index (χ2n) is 9.11. The van der Waals surface area contributed by atoms with Crippen molar-refractivity contribution >= 4 is 15.0 Å². The van der Waals surface area contributed by atoms with Gasteiger partial charge >= 0.3 is 5.97 Å². The molecule has 24 heavy (non-hydrogen) atoms. The Bertz CT molecular complexity index is 443. The number of hydrogen-bond donors (Lipinski definition) is 2. The molecule has 1 heterocycles. The van der Waals surface area contributed by atoms with Gasteiger partial charge in [0.05, 0.1) is 6.61 Å². The molecule has 6 nitrogen and oxygen atoms in total. The summed E-state index contributed by atoms with van der Waals surface area (Å²) in [5.41, 5.74) is -2.10. The summed E-state index contributed by atoms with van der Waals surface area (Å²) in [6.07, 6.45) is -0.860. The molecule has 0 aromatic carbocycles. The highest BCUT2D eigenvalue weighted by Gasteiger charge is 2.60. The summed E-state index contributed by atoms with van der Waals surface area (Å²) >= 11 is 0. The fourth-order valence-corrected chi connectivity index (χ4v) is 3.80. The van der Waals surface area contributed by atoms with Gasteiger partial charge in [0.25, 0.3) is 0 Å². The van der Waals surface area contributed by atoms with Crippen LogP contribution in [0, 0.1) is 11.3 Å². The van der Waals surface area contributed by atoms with Crippen LogP contribution in [-0.4, -0.2) is 60.7 Å². The Balaban J connectivity index is 3.31. The molecule has 1 aliphatic heterocycles. The standard InChI is InChI=1S/C17H35NO5Si/c1-15(2,3)12-9-17(13(20)11-19,14(21)22-16(4,5)6)18(10-12)23-24(7)8/h12-13,19-20,24H,9-11H2,1-8H3. The van der Waals surface area contributed by atoms with Gasteiger partial charge < -0.3 is 19.5 Å². The summed E-state index contributed by atoms with van der Waals surface area (Å²) in [6, 6.07) is 0. The highest BCUT2D eigenvalue weighted by Crippen LogP contribution is 2.45. The molecule has 1 fully saturated rings. The van der Waals surface area contributed by atoms with Crippen molar-refractivity contribution < 1.29 is 24.3 Å². The molecule has 2 N–H and O–H groups in total. The van der Waals surface area contributed by atoms with E-state index in [1.165, 1.54) is 0 Å². The van der Waals surface area contributed by atoms with Crippen LogP contribution in [0.3, 0.4) is 0 Å². The van der Waals surface area contributed by atoms with Crippen molar-refractivity contribution in [1.82, 2.24) is 5.06 Å². The highest BCUT2D eigenvalue weighted by molar-refractivity contribution is 6.48. The third kappa shape index (κ3) is 4.79. The monoisotopic (exact) mass is 361 g/mol. The fraction of sp³-hybridized carbons (Fsp3) is 0.941. The summed E-state index contributed by atoms with van der Waals surface area (Å²) in [5.74, 6) is -0.392. The molecule has 3 atom stereocenters. The van der Waals surface area contributed by atoms with Gasteiger partial charge in [0.1, 0.15) is 11.7 Å². The minimum atomic E-state index is -1.51. The van der Waals surface area contributed by atoms with Crippen molar-refractivity contribution in [3.05, 3.63) is 0 Å². The molecule has 1 aliphatic rings. The largest absolute Gasteiger partial charge is 0.458 e. The van der Waals surface area contributed by atoms with Crippen molar-refractivity contribution in [2.75, 3.05) is 13.2 Å². The van der Waals surface area contributed by atoms with Gasteiger partial charge in [-0.2, -0.15) is 5.06 Å². The maximum absolute atomic E-state index is 13.0. The van der Waals surface area contributed by atoms with E-state index in [2.05, 4.69) is 20.8 Å². The van der Waals surface area contributed by atoms with E-state index in [-0.39, 0.29) is 11.3 Å². The SMILES string of the molecule is C[SiH](C)ON1CC(C(C)(C)C)CC1(C(=O)OC(C)(C)C)C(O)CO. The van der Waals surface area contributed by atoms with Crippen LogP contribution in [0.4, 0.5) is 0 Å². The first-order valence-electron chi connectivity index (χ1n) is 8.71. The number of carbonyl (C=O) groups is 1. The van der Waals surface area contributed by atoms with Gasteiger partial charge in [-0.15, -0.1) is 0 Å². The number of hydroxylamine groups is 2. The Hall–Kier alpha value is -0.473. The molecular weight excluding hydrogens is 326 g/mol. The number of aliphatic hydroxyl groups is 2. The Kier molecular flexibility index (Phi) is 6.66. The lowest BCUT2D eigenvalue weighted by Gasteiger charge is -2.40. The zero-order valence-corrected chi connectivity index (χ0v) is 17.6. The zero-order valence-electron chi connectivity index (χ0n) is 16.4. The molecule has 3 unspecified atom stereocenters. The third-order valence-corrected chi connectivity index (χ3v) is 5.10. The predicted octanol–water partition coefficient (Wildman–Crippen LogP) is 1.70. The van der Waals surface area contributed by atoms with Crippen LogP contribution >= 0.6 is 0 Å². The molecule has 0 amide bonds. The molecule has 0 aromatic heterocycles. The maximum Gasteiger partial charge on any atom is 0.332 e. The lowest BCUT2D eigenvalue weighted by Crippen LogP contribution is -2.62. The summed E-state index contributed by atoms with van der Waals surface area (Å²) in [6.45, 7) is 15.7. The lowest BCUT2D eigenvalue weighted by atomic mass is 9.75. The van der Waals surface area contributed by atoms with Gasteiger partial charge in [0.2, 0.25) is 0 Å². The van der Waals surface area contributed by atoms with Crippen molar-refractivity contribution in [3.63, 3.8) is 0 Å². The Morgan fingerprint density at radius 1 is 1.29 bits per heavy atom. The number of ether oxygens (including phenoxy) is 1. The van der Waals surface area contributed by atoms with Gasteiger partial charge in [-0.05, 0) is 51.6 Å². The molecule has 0 aromatic rings. The van der Waals surface area contributed by atoms with E-state index in [9.17, 15) is 15.0 Å². The van der Waals surface area contributed by atoms with E-state index in [1.54, 1.807) is 25.8 Å². The smallest absolute Gasteiger partial charge is 0.332 e. The molecule has 0 saturated carbocycles. The van der Waals surface area contributed by atoms with E-state index in [0.29, 0.717) is 13.0 Å². The molecule has 142 valence electrons. The number of aliphatic hydroxyl groups excluding tert-OH is 2. The molecule has 7 heteroatoms. The highest BCUT2D eigenvalue weighted by atomic mass is 28.3. The summed E-state index contributed by atoms with van der Waals surface area (Å²) in [7, 11) is -1.51. The average Bonchev–Trinajstić information content (AvgIpc) is 2.75. The first-order chi connectivity index (χ1) is 10.7. The maximum atomic E-state index is 13.0. The van der Waals surface area contributed by atoms with Gasteiger partial charge in [0, 0.05) is 6.54 Å². The van der Waals surface area contributed by atoms with Crippen molar-refractivity contribution in [3.8, 4) is 0 Å². The van der Waals surface area contributed by atoms with Crippen LogP contribution < -0.4 is 0 Å². The van der Waals surface area contributed by atoms with E-state index >= 15 is 0 Å². The van der Waals surface area contributed by atoms with Crippen LogP contribution in [-0.2, 0) is 14.1 Å². The second kappa shape index (κ2) is 7.41. The van der Waals surface area contributed by atoms with Gasteiger partial charge in [-0.1, -0.05) is 20.8 Å². The number of nitrogens with zero attached hydrogens (tertiary/aromatic N) is 1. The zero-order chi connectivity index (χ0) is 18.9. The van der Waals surface area contributed by atoms with Gasteiger partial charge in [-0.25, -0.2) is 4.79 Å². The summed E-state index contributed by atoms with van der Waals surface area (Å²) in [5, 5.41) is 21.8. The van der Waals surface area contributed by atoms with Crippen LogP contribution in [0.1, 0.15) is 48.0 Å². The lowest BCUT2D eigenvalue weighted by molar-refractivity contribution is -0.210. The third-order valence-electron chi connectivity index (χ3n) is 4.43. The second-order valence-corrected chi connectivity index (χ2v) is 11.4. The molecule has 0 bridgehead atoms. The van der Waals surface area contributed by atoms with E-state index in [0.717, 1.165) is 0 Å². The minimum Gasteiger partial charge on any atom is -0.458 e. The molecule has 0 spiro atoms. The van der Waals surface area contributed by atoms with Crippen molar-refractivity contribution in [1.29, 1.82) is 0 Å². The van der Waals surface area contributed by atoms with E-state index in [4.69, 9.17) is 9.26 Å². The van der Waals surface area contributed by atoms with Crippen LogP contribution in [0.15, 0.2) is 0 Å². The number of rotatable bonds is 5. The minimum absolute atomic E-state index is 0.0565. The Morgan fingerprint density at radius 3 is 2.21 bits per heavy atom. The molecule has 1 saturated heterocycles. The number of hydrogen-bond acceptors (Lipinski definition) is 6. The number of esters is 1. The summed E-state index contributed by atoms with van der Waals surface area (Å²) in [4.78, 5) is 13.0. The van der Waals surface area contributed by atoms with Gasteiger partial charge in [0.15, 0.2) is 14.6 Å². The molecule has 0 aliphatic carbocycles. The number of carbonyl (C=O) groups excluding carboxylic acids is 1. The average molecular weight is 362 g/mol. The van der Waals surface area contributed by atoms with Crippen molar-refractivity contribution in [2.45, 2.75) is 78.3 Å². The van der Waals surface area contributed by atoms with Crippen molar-refractivity contribution in [2.24, 2.45) is 11.3 Å². The van der Waals surface area contributed by atoms with Crippen LogP contribution in [0.25, 0.3) is 0 Å². The fourth-order valence-electron chi connectivity index (χ4n) is 3.02.